The quantitative estimate of drug-likeness (QED) is 0.358. The van der Waals surface area contributed by atoms with Gasteiger partial charge in [0.25, 0.3) is 5.91 Å². The van der Waals surface area contributed by atoms with Crippen molar-refractivity contribution in [2.45, 2.75) is 40.0 Å². The molecule has 32 heavy (non-hydrogen) atoms. The fraction of sp³-hybridized carbons (Fsp3) is 0.259. The van der Waals surface area contributed by atoms with Crippen molar-refractivity contribution >= 4 is 22.7 Å². The number of aromatic nitrogens is 1. The molecule has 1 heterocycles. The molecule has 0 aliphatic carbocycles. The van der Waals surface area contributed by atoms with E-state index in [4.69, 9.17) is 9.15 Å². The first-order valence-electron chi connectivity index (χ1n) is 10.9. The number of nitrogens with zero attached hydrogens (tertiary/aromatic N) is 1. The molecule has 0 aliphatic rings. The van der Waals surface area contributed by atoms with Gasteiger partial charge in [0.1, 0.15) is 11.3 Å². The third-order valence-corrected chi connectivity index (χ3v) is 5.57. The molecule has 1 amide bonds. The lowest BCUT2D eigenvalue weighted by atomic mass is 9.98. The number of amides is 1. The molecule has 0 saturated carbocycles. The van der Waals surface area contributed by atoms with Crippen molar-refractivity contribution in [1.29, 1.82) is 0 Å². The topological polar surface area (TPSA) is 64.4 Å². The second-order valence-corrected chi connectivity index (χ2v) is 8.29. The van der Waals surface area contributed by atoms with E-state index >= 15 is 0 Å². The maximum atomic E-state index is 12.3. The van der Waals surface area contributed by atoms with Crippen molar-refractivity contribution in [3.8, 4) is 17.2 Å². The summed E-state index contributed by atoms with van der Waals surface area (Å²) >= 11 is 0. The summed E-state index contributed by atoms with van der Waals surface area (Å²) in [5.41, 5.74) is 6.65. The van der Waals surface area contributed by atoms with Crippen molar-refractivity contribution < 1.29 is 13.9 Å². The number of ether oxygens (including phenoxy) is 1. The molecule has 5 heteroatoms. The normalized spacial score (nSPS) is 12.0. The fourth-order valence-corrected chi connectivity index (χ4v) is 3.67. The number of carbonyl (C=O) groups excluding carboxylic acids is 1. The van der Waals surface area contributed by atoms with Crippen LogP contribution in [0.2, 0.25) is 0 Å². The van der Waals surface area contributed by atoms with E-state index < -0.39 is 0 Å². The zero-order valence-electron chi connectivity index (χ0n) is 18.9. The standard InChI is InChI=1S/C27H28N2O3/c1-5-19(4)21-8-11-25-24(15-21)29-27(32-25)20-6-9-22(10-7-20)28-26(30)16-31-23-13-17(2)12-18(3)14-23/h6-15,19H,5,16H2,1-4H3,(H,28,30)/t19-/m1/s1. The smallest absolute Gasteiger partial charge is 0.262 e. The molecule has 0 radical (unpaired) electrons. The average molecular weight is 429 g/mol. The second kappa shape index (κ2) is 9.27. The van der Waals surface area contributed by atoms with Gasteiger partial charge < -0.3 is 14.5 Å². The van der Waals surface area contributed by atoms with Crippen molar-refractivity contribution in [3.05, 3.63) is 77.4 Å². The van der Waals surface area contributed by atoms with Crippen LogP contribution in [0.4, 0.5) is 5.69 Å². The summed E-state index contributed by atoms with van der Waals surface area (Å²) < 4.78 is 11.6. The third-order valence-electron chi connectivity index (χ3n) is 5.57. The number of hydrogen-bond acceptors (Lipinski definition) is 4. The summed E-state index contributed by atoms with van der Waals surface area (Å²) in [7, 11) is 0. The Bertz CT molecular complexity index is 1220. The minimum Gasteiger partial charge on any atom is -0.484 e. The van der Waals surface area contributed by atoms with E-state index in [-0.39, 0.29) is 12.5 Å². The largest absolute Gasteiger partial charge is 0.484 e. The first-order valence-corrected chi connectivity index (χ1v) is 10.9. The summed E-state index contributed by atoms with van der Waals surface area (Å²) in [4.78, 5) is 16.9. The molecular formula is C27H28N2O3. The molecule has 4 rings (SSSR count). The number of aryl methyl sites for hydroxylation is 2. The van der Waals surface area contributed by atoms with Gasteiger partial charge in [0, 0.05) is 11.3 Å². The summed E-state index contributed by atoms with van der Waals surface area (Å²) in [5, 5.41) is 2.86. The molecule has 164 valence electrons. The first-order chi connectivity index (χ1) is 15.4. The Morgan fingerprint density at radius 3 is 2.44 bits per heavy atom. The van der Waals surface area contributed by atoms with Crippen LogP contribution < -0.4 is 10.1 Å². The van der Waals surface area contributed by atoms with Gasteiger partial charge >= 0.3 is 0 Å². The van der Waals surface area contributed by atoms with Crippen LogP contribution in [0.5, 0.6) is 5.75 Å². The minimum absolute atomic E-state index is 0.0473. The maximum absolute atomic E-state index is 12.3. The van der Waals surface area contributed by atoms with Crippen LogP contribution in [0.1, 0.15) is 42.9 Å². The van der Waals surface area contributed by atoms with E-state index in [0.717, 1.165) is 34.2 Å². The van der Waals surface area contributed by atoms with Crippen LogP contribution in [-0.2, 0) is 4.79 Å². The summed E-state index contributed by atoms with van der Waals surface area (Å²) in [6, 6.07) is 19.5. The van der Waals surface area contributed by atoms with E-state index in [1.165, 1.54) is 5.56 Å². The van der Waals surface area contributed by atoms with Gasteiger partial charge in [0.2, 0.25) is 5.89 Å². The van der Waals surface area contributed by atoms with Crippen molar-refractivity contribution in [3.63, 3.8) is 0 Å². The lowest BCUT2D eigenvalue weighted by Crippen LogP contribution is -2.20. The Balaban J connectivity index is 1.40. The molecular weight excluding hydrogens is 400 g/mol. The Labute approximate surface area is 188 Å². The predicted octanol–water partition coefficient (Wildman–Crippen LogP) is 6.64. The van der Waals surface area contributed by atoms with E-state index in [9.17, 15) is 4.79 Å². The molecule has 0 spiro atoms. The van der Waals surface area contributed by atoms with Crippen LogP contribution in [0.25, 0.3) is 22.6 Å². The number of benzene rings is 3. The van der Waals surface area contributed by atoms with E-state index in [0.29, 0.717) is 23.2 Å². The molecule has 0 fully saturated rings. The second-order valence-electron chi connectivity index (χ2n) is 8.29. The Hall–Kier alpha value is -3.60. The van der Waals surface area contributed by atoms with Crippen molar-refractivity contribution in [2.75, 3.05) is 11.9 Å². The number of rotatable bonds is 7. The van der Waals surface area contributed by atoms with E-state index in [1.54, 1.807) is 0 Å². The highest BCUT2D eigenvalue weighted by Gasteiger charge is 2.11. The van der Waals surface area contributed by atoms with E-state index in [2.05, 4.69) is 42.3 Å². The van der Waals surface area contributed by atoms with Crippen LogP contribution in [-0.4, -0.2) is 17.5 Å². The molecule has 4 aromatic rings. The summed E-state index contributed by atoms with van der Waals surface area (Å²) in [6.07, 6.45) is 1.08. The lowest BCUT2D eigenvalue weighted by Gasteiger charge is -2.09. The van der Waals surface area contributed by atoms with Gasteiger partial charge in [-0.25, -0.2) is 4.98 Å². The highest BCUT2D eigenvalue weighted by Crippen LogP contribution is 2.28. The molecule has 1 atom stereocenters. The SMILES string of the molecule is CC[C@@H](C)c1ccc2oc(-c3ccc(NC(=O)COc4cc(C)cc(C)c4)cc3)nc2c1. The lowest BCUT2D eigenvalue weighted by molar-refractivity contribution is -0.118. The summed E-state index contributed by atoms with van der Waals surface area (Å²) in [6.45, 7) is 8.35. The van der Waals surface area contributed by atoms with Crippen LogP contribution in [0.3, 0.4) is 0 Å². The number of nitrogens with one attached hydrogen (secondary N) is 1. The molecule has 0 unspecified atom stereocenters. The monoisotopic (exact) mass is 428 g/mol. The first kappa shape index (κ1) is 21.6. The molecule has 5 nitrogen and oxygen atoms in total. The molecule has 3 aromatic carbocycles. The molecule has 1 aromatic heterocycles. The highest BCUT2D eigenvalue weighted by atomic mass is 16.5. The van der Waals surface area contributed by atoms with Crippen molar-refractivity contribution in [1.82, 2.24) is 4.98 Å². The van der Waals surface area contributed by atoms with Gasteiger partial charge in [-0.2, -0.15) is 0 Å². The Kier molecular flexibility index (Phi) is 6.26. The van der Waals surface area contributed by atoms with E-state index in [1.807, 2.05) is 56.3 Å². The van der Waals surface area contributed by atoms with Crippen LogP contribution >= 0.6 is 0 Å². The third kappa shape index (κ3) is 4.99. The van der Waals surface area contributed by atoms with Gasteiger partial charge in [-0.1, -0.05) is 26.0 Å². The van der Waals surface area contributed by atoms with Crippen LogP contribution in [0.15, 0.2) is 65.1 Å². The highest BCUT2D eigenvalue weighted by molar-refractivity contribution is 5.92. The molecule has 0 bridgehead atoms. The van der Waals surface area contributed by atoms with Gasteiger partial charge in [-0.15, -0.1) is 0 Å². The average Bonchev–Trinajstić information content (AvgIpc) is 3.20. The number of anilines is 1. The zero-order valence-corrected chi connectivity index (χ0v) is 18.9. The molecule has 0 aliphatic heterocycles. The Morgan fingerprint density at radius 1 is 1.03 bits per heavy atom. The minimum atomic E-state index is -0.212. The number of oxazole rings is 1. The van der Waals surface area contributed by atoms with Crippen LogP contribution in [0, 0.1) is 13.8 Å². The number of hydrogen-bond donors (Lipinski definition) is 1. The van der Waals surface area contributed by atoms with Gasteiger partial charge in [0.15, 0.2) is 12.2 Å². The number of fused-ring (bicyclic) bond motifs is 1. The van der Waals surface area contributed by atoms with Crippen molar-refractivity contribution in [2.24, 2.45) is 0 Å². The van der Waals surface area contributed by atoms with Gasteiger partial charge in [-0.05, 0) is 91.4 Å². The summed E-state index contributed by atoms with van der Waals surface area (Å²) in [5.74, 6) is 1.54. The predicted molar refractivity (Wildman–Crippen MR) is 128 cm³/mol. The zero-order chi connectivity index (χ0) is 22.7. The fourth-order valence-electron chi connectivity index (χ4n) is 3.67. The number of carbonyl (C=O) groups is 1. The molecule has 1 N–H and O–H groups in total. The van der Waals surface area contributed by atoms with Gasteiger partial charge in [0.05, 0.1) is 0 Å². The Morgan fingerprint density at radius 2 is 1.75 bits per heavy atom. The van der Waals surface area contributed by atoms with Gasteiger partial charge in [-0.3, -0.25) is 4.79 Å². The molecule has 0 saturated heterocycles. The maximum Gasteiger partial charge on any atom is 0.262 e.